The average molecular weight is 501 g/mol. The van der Waals surface area contributed by atoms with Crippen molar-refractivity contribution in [2.75, 3.05) is 13.2 Å². The summed E-state index contributed by atoms with van der Waals surface area (Å²) in [4.78, 5) is 0. The third kappa shape index (κ3) is 4.12. The second-order valence-electron chi connectivity index (χ2n) is 9.70. The van der Waals surface area contributed by atoms with E-state index in [4.69, 9.17) is 0 Å². The van der Waals surface area contributed by atoms with Gasteiger partial charge in [0.25, 0.3) is 0 Å². The van der Waals surface area contributed by atoms with Crippen LogP contribution in [0.15, 0.2) is 109 Å². The number of aliphatic hydroxyl groups is 2. The Bertz CT molecular complexity index is 1550. The lowest BCUT2D eigenvalue weighted by Crippen LogP contribution is -1.96. The fourth-order valence-corrected chi connectivity index (χ4v) is 5.87. The van der Waals surface area contributed by atoms with Crippen LogP contribution in [0.5, 0.6) is 0 Å². The maximum Gasteiger partial charge on any atom is 0.0786 e. The summed E-state index contributed by atoms with van der Waals surface area (Å²) in [6, 6.07) is 34.0. The van der Waals surface area contributed by atoms with Crippen LogP contribution in [-0.4, -0.2) is 32.2 Å². The number of nitrogens with zero attached hydrogens (tertiary/aromatic N) is 2. The second kappa shape index (κ2) is 10.7. The number of aryl methyl sites for hydroxylation is 2. The van der Waals surface area contributed by atoms with Crippen molar-refractivity contribution in [1.82, 2.24) is 8.80 Å². The van der Waals surface area contributed by atoms with Crippen molar-refractivity contribution in [3.05, 3.63) is 121 Å². The predicted molar refractivity (Wildman–Crippen MR) is 155 cm³/mol. The van der Waals surface area contributed by atoms with Gasteiger partial charge in [-0.15, -0.1) is 0 Å². The predicted octanol–water partition coefficient (Wildman–Crippen LogP) is 7.04. The molecule has 4 nitrogen and oxygen atoms in total. The van der Waals surface area contributed by atoms with Crippen molar-refractivity contribution >= 4 is 11.0 Å². The van der Waals surface area contributed by atoms with Gasteiger partial charge in [0.05, 0.1) is 11.4 Å². The monoisotopic (exact) mass is 500 g/mol. The minimum atomic E-state index is 0.155. The lowest BCUT2D eigenvalue weighted by Gasteiger charge is -2.13. The standard InChI is InChI=1S/C34H32N2O2/c37-23-11-17-27-29-19-7-9-21-35(29)33(31(27)25-13-3-1-4-14-25)34-32(26-15-5-2-6-16-26)28(18-12-24-38)30-20-8-10-22-36(30)34/h1-10,13-16,19-22,37-38H,11-12,17-18,23-24H2. The smallest absolute Gasteiger partial charge is 0.0786 e. The third-order valence-corrected chi connectivity index (χ3v) is 7.42. The largest absolute Gasteiger partial charge is 0.396 e. The number of hydrogen-bond donors (Lipinski definition) is 2. The number of benzene rings is 2. The highest BCUT2D eigenvalue weighted by Gasteiger charge is 2.27. The molecule has 2 aromatic carbocycles. The molecule has 0 bridgehead atoms. The number of hydrogen-bond acceptors (Lipinski definition) is 2. The van der Waals surface area contributed by atoms with Crippen LogP contribution in [0.3, 0.4) is 0 Å². The van der Waals surface area contributed by atoms with E-state index in [-0.39, 0.29) is 13.2 Å². The summed E-state index contributed by atoms with van der Waals surface area (Å²) in [6.45, 7) is 0.310. The lowest BCUT2D eigenvalue weighted by atomic mass is 9.92. The first kappa shape index (κ1) is 24.2. The van der Waals surface area contributed by atoms with Gasteiger partial charge in [-0.25, -0.2) is 0 Å². The summed E-state index contributed by atoms with van der Waals surface area (Å²) in [5, 5.41) is 19.5. The molecule has 6 aromatic rings. The van der Waals surface area contributed by atoms with Crippen LogP contribution >= 0.6 is 0 Å². The molecule has 0 aliphatic carbocycles. The van der Waals surface area contributed by atoms with Gasteiger partial charge in [0.1, 0.15) is 0 Å². The number of fused-ring (bicyclic) bond motifs is 2. The van der Waals surface area contributed by atoms with E-state index in [0.29, 0.717) is 12.8 Å². The van der Waals surface area contributed by atoms with Gasteiger partial charge in [0.2, 0.25) is 0 Å². The number of aromatic nitrogens is 2. The molecular weight excluding hydrogens is 468 g/mol. The molecule has 0 radical (unpaired) electrons. The first-order chi connectivity index (χ1) is 18.8. The highest BCUT2D eigenvalue weighted by molar-refractivity contribution is 5.98. The number of aliphatic hydroxyl groups excluding tert-OH is 2. The van der Waals surface area contributed by atoms with Crippen molar-refractivity contribution in [3.8, 4) is 33.6 Å². The molecule has 4 aromatic heterocycles. The summed E-state index contributed by atoms with van der Waals surface area (Å²) < 4.78 is 4.65. The van der Waals surface area contributed by atoms with Gasteiger partial charge in [-0.05, 0) is 72.2 Å². The molecule has 0 atom stereocenters. The Kier molecular flexibility index (Phi) is 6.82. The SMILES string of the molecule is OCCCc1c(-c2ccccc2)c(-c2c(-c3ccccc3)c(CCCO)c3ccccn23)n2ccccc12. The molecule has 6 rings (SSSR count). The van der Waals surface area contributed by atoms with Crippen LogP contribution in [0.25, 0.3) is 44.7 Å². The van der Waals surface area contributed by atoms with Gasteiger partial charge >= 0.3 is 0 Å². The van der Waals surface area contributed by atoms with E-state index >= 15 is 0 Å². The Morgan fingerprint density at radius 1 is 0.474 bits per heavy atom. The van der Waals surface area contributed by atoms with Crippen LogP contribution in [0.2, 0.25) is 0 Å². The van der Waals surface area contributed by atoms with Crippen LogP contribution in [0.1, 0.15) is 24.0 Å². The molecule has 0 saturated carbocycles. The van der Waals surface area contributed by atoms with Crippen molar-refractivity contribution in [3.63, 3.8) is 0 Å². The minimum absolute atomic E-state index is 0.155. The Hall–Kier alpha value is -4.12. The number of pyridine rings is 2. The first-order valence-electron chi connectivity index (χ1n) is 13.4. The van der Waals surface area contributed by atoms with E-state index in [1.54, 1.807) is 0 Å². The van der Waals surface area contributed by atoms with Gasteiger partial charge in [-0.2, -0.15) is 0 Å². The molecule has 0 unspecified atom stereocenters. The van der Waals surface area contributed by atoms with E-state index < -0.39 is 0 Å². The first-order valence-corrected chi connectivity index (χ1v) is 13.4. The molecule has 38 heavy (non-hydrogen) atoms. The number of rotatable bonds is 9. The van der Waals surface area contributed by atoms with Crippen molar-refractivity contribution in [2.24, 2.45) is 0 Å². The minimum Gasteiger partial charge on any atom is -0.396 e. The Morgan fingerprint density at radius 3 is 1.26 bits per heavy atom. The van der Waals surface area contributed by atoms with E-state index in [1.807, 2.05) is 0 Å². The molecule has 0 fully saturated rings. The molecule has 0 amide bonds. The molecule has 4 heteroatoms. The van der Waals surface area contributed by atoms with Crippen molar-refractivity contribution in [1.29, 1.82) is 0 Å². The van der Waals surface area contributed by atoms with Gasteiger partial charge in [-0.1, -0.05) is 72.8 Å². The Morgan fingerprint density at radius 2 is 0.868 bits per heavy atom. The maximum atomic E-state index is 9.77. The summed E-state index contributed by atoms with van der Waals surface area (Å²) in [5.74, 6) is 0. The molecule has 0 saturated heterocycles. The second-order valence-corrected chi connectivity index (χ2v) is 9.70. The topological polar surface area (TPSA) is 49.3 Å². The molecular formula is C34H32N2O2. The summed E-state index contributed by atoms with van der Waals surface area (Å²) in [6.07, 6.45) is 7.30. The van der Waals surface area contributed by atoms with E-state index in [0.717, 1.165) is 35.3 Å². The molecule has 2 N–H and O–H groups in total. The van der Waals surface area contributed by atoms with E-state index in [1.165, 1.54) is 33.4 Å². The summed E-state index contributed by atoms with van der Waals surface area (Å²) in [5.41, 5.74) is 11.9. The van der Waals surface area contributed by atoms with Gasteiger partial charge in [0, 0.05) is 47.8 Å². The fourth-order valence-electron chi connectivity index (χ4n) is 5.87. The fraction of sp³-hybridized carbons (Fsp3) is 0.176. The molecule has 0 aliphatic heterocycles. The van der Waals surface area contributed by atoms with Crippen molar-refractivity contribution < 1.29 is 10.2 Å². The van der Waals surface area contributed by atoms with E-state index in [2.05, 4.69) is 118 Å². The quantitative estimate of drug-likeness (QED) is 0.224. The van der Waals surface area contributed by atoms with Crippen molar-refractivity contribution in [2.45, 2.75) is 25.7 Å². The summed E-state index contributed by atoms with van der Waals surface area (Å²) in [7, 11) is 0. The van der Waals surface area contributed by atoms with Crippen LogP contribution in [0.4, 0.5) is 0 Å². The lowest BCUT2D eigenvalue weighted by molar-refractivity contribution is 0.288. The van der Waals surface area contributed by atoms with E-state index in [9.17, 15) is 10.2 Å². The molecule has 0 spiro atoms. The molecule has 190 valence electrons. The Labute approximate surface area is 223 Å². The average Bonchev–Trinajstić information content (AvgIpc) is 3.48. The van der Waals surface area contributed by atoms with Gasteiger partial charge in [0.15, 0.2) is 0 Å². The zero-order chi connectivity index (χ0) is 25.9. The highest BCUT2D eigenvalue weighted by atomic mass is 16.3. The van der Waals surface area contributed by atoms with Crippen LogP contribution in [-0.2, 0) is 12.8 Å². The highest BCUT2D eigenvalue weighted by Crippen LogP contribution is 2.46. The maximum absolute atomic E-state index is 9.77. The zero-order valence-corrected chi connectivity index (χ0v) is 21.4. The van der Waals surface area contributed by atoms with Gasteiger partial charge in [-0.3, -0.25) is 0 Å². The van der Waals surface area contributed by atoms with Gasteiger partial charge < -0.3 is 19.0 Å². The summed E-state index contributed by atoms with van der Waals surface area (Å²) >= 11 is 0. The van der Waals surface area contributed by atoms with Crippen LogP contribution < -0.4 is 0 Å². The molecule has 0 aliphatic rings. The Balaban J connectivity index is 1.80. The zero-order valence-electron chi connectivity index (χ0n) is 21.4. The normalized spacial score (nSPS) is 11.5. The third-order valence-electron chi connectivity index (χ3n) is 7.42. The molecule has 4 heterocycles. The van der Waals surface area contributed by atoms with Crippen LogP contribution in [0, 0.1) is 0 Å².